The normalized spacial score (nSPS) is 14.6. The monoisotopic (exact) mass is 428 g/mol. The minimum atomic E-state index is -2.40. The Balaban J connectivity index is 4.90. The van der Waals surface area contributed by atoms with E-state index in [0.29, 0.717) is 12.7 Å². The maximum absolute atomic E-state index is 10.4. The number of rotatable bonds is 11. The van der Waals surface area contributed by atoms with E-state index in [1.807, 2.05) is 39.3 Å². The minimum Gasteiger partial charge on any atom is -0.469 e. The number of hydrogen-bond acceptors (Lipinski definition) is 6. The summed E-state index contributed by atoms with van der Waals surface area (Å²) < 4.78 is 30.2. The quantitative estimate of drug-likeness (QED) is 0.367. The second-order valence-electron chi connectivity index (χ2n) is 8.89. The molecule has 0 aliphatic carbocycles. The second kappa shape index (κ2) is 8.39. The third-order valence-corrected chi connectivity index (χ3v) is 19.9. The summed E-state index contributed by atoms with van der Waals surface area (Å²) in [6.07, 6.45) is 0.331. The summed E-state index contributed by atoms with van der Waals surface area (Å²) in [6.45, 7) is 23.3. The van der Waals surface area contributed by atoms with Crippen molar-refractivity contribution in [3.63, 3.8) is 0 Å². The molecule has 0 N–H and O–H groups in total. The molecule has 0 atom stereocenters. The molecular weight excluding hydrogens is 393 g/mol. The Kier molecular flexibility index (Phi) is 8.53. The fourth-order valence-corrected chi connectivity index (χ4v) is 25.9. The van der Waals surface area contributed by atoms with Gasteiger partial charge < -0.3 is 21.2 Å². The van der Waals surface area contributed by atoms with Gasteiger partial charge in [0.15, 0.2) is 8.32 Å². The van der Waals surface area contributed by atoms with Crippen molar-refractivity contribution in [3.8, 4) is 0 Å². The van der Waals surface area contributed by atoms with Crippen LogP contribution in [-0.4, -0.2) is 55.0 Å². The third-order valence-electron chi connectivity index (χ3n) is 2.56. The van der Waals surface area contributed by atoms with Gasteiger partial charge in [-0.2, -0.15) is 0 Å². The topological polar surface area (TPSA) is 63.2 Å². The van der Waals surface area contributed by atoms with E-state index in [-0.39, 0.29) is 0 Å². The average Bonchev–Trinajstić information content (AvgIpc) is 2.16. The van der Waals surface area contributed by atoms with Crippen molar-refractivity contribution in [1.29, 1.82) is 0 Å². The molecule has 0 bridgehead atoms. The van der Waals surface area contributed by atoms with Crippen LogP contribution >= 0.6 is 0 Å². The van der Waals surface area contributed by atoms with Crippen LogP contribution < -0.4 is 0 Å². The van der Waals surface area contributed by atoms with E-state index in [1.54, 1.807) is 0 Å². The molecule has 0 aromatic rings. The van der Waals surface area contributed by atoms with Gasteiger partial charge in [0.05, 0.1) is 0 Å². The lowest BCUT2D eigenvalue weighted by Crippen LogP contribution is -2.59. The Morgan fingerprint density at radius 2 is 1.00 bits per heavy atom. The van der Waals surface area contributed by atoms with Crippen LogP contribution in [0.15, 0.2) is 0 Å². The molecule has 0 aromatic heterocycles. The van der Waals surface area contributed by atoms with E-state index in [4.69, 9.17) is 21.2 Å². The van der Waals surface area contributed by atoms with Gasteiger partial charge in [0.25, 0.3) is 6.47 Å². The van der Waals surface area contributed by atoms with Gasteiger partial charge in [-0.15, -0.1) is 0 Å². The summed E-state index contributed by atoms with van der Waals surface area (Å²) in [5.74, 6) is 0. The molecule has 0 aliphatic heterocycles. The highest BCUT2D eigenvalue weighted by Crippen LogP contribution is 2.25. The molecule has 0 fully saturated rings. The zero-order valence-electron chi connectivity index (χ0n) is 17.2. The second-order valence-corrected chi connectivity index (χ2v) is 28.6. The van der Waals surface area contributed by atoms with Gasteiger partial charge in [0, 0.05) is 0 Å². The molecule has 0 saturated heterocycles. The van der Waals surface area contributed by atoms with Gasteiger partial charge >= 0.3 is 25.7 Å². The van der Waals surface area contributed by atoms with Gasteiger partial charge in [-0.05, 0) is 72.0 Å². The highest BCUT2D eigenvalue weighted by atomic mass is 28.5. The fraction of sp³-hybridized carbons (Fsp3) is 0.923. The average molecular weight is 429 g/mol. The Bertz CT molecular complexity index is 420. The summed E-state index contributed by atoms with van der Waals surface area (Å²) >= 11 is 0. The Morgan fingerprint density at radius 3 is 1.38 bits per heavy atom. The zero-order valence-corrected chi connectivity index (χ0v) is 22.2. The SMILES string of the molecule is C[Si](C)(C)O[Si](C)(C)O[Si](C)(C)O[Si](C)(C)O[Si](C)(C)COC=O. The van der Waals surface area contributed by atoms with E-state index >= 15 is 0 Å². The van der Waals surface area contributed by atoms with Crippen molar-refractivity contribution in [2.45, 2.75) is 72.0 Å². The molecule has 0 amide bonds. The van der Waals surface area contributed by atoms with E-state index < -0.39 is 42.3 Å². The van der Waals surface area contributed by atoms with E-state index in [1.165, 1.54) is 0 Å². The van der Waals surface area contributed by atoms with Crippen LogP contribution in [-0.2, 0) is 26.0 Å². The van der Waals surface area contributed by atoms with E-state index in [2.05, 4.69) is 32.7 Å². The lowest BCUT2D eigenvalue weighted by Gasteiger charge is -2.41. The summed E-state index contributed by atoms with van der Waals surface area (Å²) in [5, 5.41) is 0. The molecule has 0 rings (SSSR count). The molecule has 144 valence electrons. The first-order valence-electron chi connectivity index (χ1n) is 8.25. The maximum Gasteiger partial charge on any atom is 0.314 e. The van der Waals surface area contributed by atoms with Crippen LogP contribution in [0.4, 0.5) is 0 Å². The first-order valence-corrected chi connectivity index (χ1v) is 23.2. The molecule has 24 heavy (non-hydrogen) atoms. The molecule has 0 spiro atoms. The molecule has 0 aliphatic rings. The summed E-state index contributed by atoms with van der Waals surface area (Å²) in [6, 6.07) is 0. The van der Waals surface area contributed by atoms with E-state index in [9.17, 15) is 4.79 Å². The highest BCUT2D eigenvalue weighted by Gasteiger charge is 2.45. The number of carbonyl (C=O) groups excluding carboxylic acids is 1. The summed E-state index contributed by atoms with van der Waals surface area (Å²) in [5.41, 5.74) is 0. The maximum atomic E-state index is 10.4. The first kappa shape index (κ1) is 24.4. The predicted octanol–water partition coefficient (Wildman–Crippen LogP) is 3.91. The van der Waals surface area contributed by atoms with Crippen molar-refractivity contribution < 1.29 is 26.0 Å². The zero-order chi connectivity index (χ0) is 19.4. The summed E-state index contributed by atoms with van der Waals surface area (Å²) in [7, 11) is -10.8. The molecule has 0 saturated carbocycles. The molecular formula is C13H36O6Si5. The first-order chi connectivity index (χ1) is 10.4. The molecule has 11 heteroatoms. The fourth-order valence-electron chi connectivity index (χ4n) is 2.91. The highest BCUT2D eigenvalue weighted by molar-refractivity contribution is 6.90. The van der Waals surface area contributed by atoms with Gasteiger partial charge in [-0.3, -0.25) is 4.79 Å². The van der Waals surface area contributed by atoms with Crippen molar-refractivity contribution >= 4 is 48.8 Å². The van der Waals surface area contributed by atoms with Gasteiger partial charge in [-0.1, -0.05) is 0 Å². The van der Waals surface area contributed by atoms with E-state index in [0.717, 1.165) is 0 Å². The van der Waals surface area contributed by atoms with Crippen molar-refractivity contribution in [1.82, 2.24) is 0 Å². The Morgan fingerprint density at radius 1 is 0.625 bits per heavy atom. The van der Waals surface area contributed by atoms with Gasteiger partial charge in [0.1, 0.15) is 6.23 Å². The number of carbonyl (C=O) groups is 1. The third kappa shape index (κ3) is 11.9. The van der Waals surface area contributed by atoms with Crippen molar-refractivity contribution in [2.24, 2.45) is 0 Å². The smallest absolute Gasteiger partial charge is 0.314 e. The Hall–Kier alpha value is 0.394. The molecule has 0 aromatic carbocycles. The van der Waals surface area contributed by atoms with Crippen LogP contribution in [0.5, 0.6) is 0 Å². The van der Waals surface area contributed by atoms with Crippen molar-refractivity contribution in [3.05, 3.63) is 0 Å². The lowest BCUT2D eigenvalue weighted by molar-refractivity contribution is -0.127. The summed E-state index contributed by atoms with van der Waals surface area (Å²) in [4.78, 5) is 10.4. The number of ether oxygens (including phenoxy) is 1. The molecule has 0 unspecified atom stereocenters. The van der Waals surface area contributed by atoms with Crippen LogP contribution in [0.1, 0.15) is 0 Å². The van der Waals surface area contributed by atoms with Crippen LogP contribution in [0, 0.1) is 0 Å². The molecule has 0 heterocycles. The van der Waals surface area contributed by atoms with Gasteiger partial charge in [0.2, 0.25) is 8.32 Å². The van der Waals surface area contributed by atoms with Gasteiger partial charge in [-0.25, -0.2) is 0 Å². The van der Waals surface area contributed by atoms with Crippen LogP contribution in [0.3, 0.4) is 0 Å². The van der Waals surface area contributed by atoms with Crippen molar-refractivity contribution in [2.75, 3.05) is 6.23 Å². The largest absolute Gasteiger partial charge is 0.469 e. The molecule has 0 radical (unpaired) electrons. The lowest BCUT2D eigenvalue weighted by atomic mass is 11.5. The number of hydrogen-bond donors (Lipinski definition) is 0. The standard InChI is InChI=1S/C13H36O6Si5/c1-20(2,3)16-22(6,7)18-24(10,11)19-23(8,9)17-21(4,5)13-15-12-14/h12H,13H2,1-11H3. The minimum absolute atomic E-state index is 0.331. The van der Waals surface area contributed by atoms with Crippen LogP contribution in [0.25, 0.3) is 0 Å². The molecule has 6 nitrogen and oxygen atoms in total. The van der Waals surface area contributed by atoms with Crippen LogP contribution in [0.2, 0.25) is 72.0 Å². The predicted molar refractivity (Wildman–Crippen MR) is 110 cm³/mol. The Labute approximate surface area is 153 Å².